The van der Waals surface area contributed by atoms with Crippen LogP contribution >= 0.6 is 15.9 Å². The van der Waals surface area contributed by atoms with Crippen molar-refractivity contribution in [2.24, 2.45) is 0 Å². The van der Waals surface area contributed by atoms with Gasteiger partial charge in [-0.15, -0.1) is 0 Å². The summed E-state index contributed by atoms with van der Waals surface area (Å²) in [5, 5.41) is 3.21. The molecule has 0 aliphatic heterocycles. The van der Waals surface area contributed by atoms with Crippen LogP contribution in [0, 0.1) is 0 Å². The maximum Gasteiger partial charge on any atom is 0.148 e. The Kier molecular flexibility index (Phi) is 3.09. The normalized spacial score (nSPS) is 15.1. The van der Waals surface area contributed by atoms with Gasteiger partial charge in [-0.25, -0.2) is 9.97 Å². The first-order valence-corrected chi connectivity index (χ1v) is 6.00. The standard InChI is InChI=1S/C10H15BrN4/c1-3-12-9-8(11)10(14-6-13-9)15(2)7-4-5-7/h6-7H,3-5H2,1-2H3,(H,12,13,14). The van der Waals surface area contributed by atoms with Crippen LogP contribution in [0.3, 0.4) is 0 Å². The van der Waals surface area contributed by atoms with Crippen molar-refractivity contribution >= 4 is 27.6 Å². The number of nitrogens with zero attached hydrogens (tertiary/aromatic N) is 3. The summed E-state index contributed by atoms with van der Waals surface area (Å²) in [4.78, 5) is 10.7. The molecule has 1 aliphatic rings. The van der Waals surface area contributed by atoms with E-state index in [1.165, 1.54) is 12.8 Å². The highest BCUT2D eigenvalue weighted by Crippen LogP contribution is 2.35. The Balaban J connectivity index is 2.26. The molecule has 0 aromatic carbocycles. The molecule has 0 saturated heterocycles. The Hall–Kier alpha value is -0.840. The molecule has 82 valence electrons. The molecule has 0 radical (unpaired) electrons. The second kappa shape index (κ2) is 4.35. The summed E-state index contributed by atoms with van der Waals surface area (Å²) in [7, 11) is 2.08. The van der Waals surface area contributed by atoms with Gasteiger partial charge in [0.05, 0.1) is 0 Å². The number of aromatic nitrogens is 2. The molecule has 1 fully saturated rings. The number of hydrogen-bond donors (Lipinski definition) is 1. The van der Waals surface area contributed by atoms with Crippen LogP contribution in [-0.4, -0.2) is 29.6 Å². The lowest BCUT2D eigenvalue weighted by atomic mass is 10.4. The highest BCUT2D eigenvalue weighted by molar-refractivity contribution is 9.10. The molecule has 1 saturated carbocycles. The molecule has 0 bridgehead atoms. The maximum absolute atomic E-state index is 4.31. The number of hydrogen-bond acceptors (Lipinski definition) is 4. The molecule has 0 spiro atoms. The van der Waals surface area contributed by atoms with E-state index in [2.05, 4.69) is 50.1 Å². The molecular weight excluding hydrogens is 256 g/mol. The van der Waals surface area contributed by atoms with Crippen molar-refractivity contribution in [1.29, 1.82) is 0 Å². The Bertz CT molecular complexity index is 351. The lowest BCUT2D eigenvalue weighted by molar-refractivity contribution is 0.880. The molecule has 1 aliphatic carbocycles. The largest absolute Gasteiger partial charge is 0.369 e. The fraction of sp³-hybridized carbons (Fsp3) is 0.600. The van der Waals surface area contributed by atoms with Crippen LogP contribution in [0.25, 0.3) is 0 Å². The zero-order valence-corrected chi connectivity index (χ0v) is 10.6. The van der Waals surface area contributed by atoms with Crippen molar-refractivity contribution in [3.8, 4) is 0 Å². The number of halogens is 1. The fourth-order valence-electron chi connectivity index (χ4n) is 1.53. The number of rotatable bonds is 4. The molecule has 0 amide bonds. The van der Waals surface area contributed by atoms with Crippen LogP contribution in [0.4, 0.5) is 11.6 Å². The lowest BCUT2D eigenvalue weighted by Crippen LogP contribution is -2.21. The van der Waals surface area contributed by atoms with Gasteiger partial charge in [0.1, 0.15) is 22.4 Å². The fourth-order valence-corrected chi connectivity index (χ4v) is 2.16. The Morgan fingerprint density at radius 3 is 2.87 bits per heavy atom. The second-order valence-electron chi connectivity index (χ2n) is 3.73. The molecule has 4 nitrogen and oxygen atoms in total. The van der Waals surface area contributed by atoms with Gasteiger partial charge < -0.3 is 10.2 Å². The highest BCUT2D eigenvalue weighted by atomic mass is 79.9. The molecule has 0 atom stereocenters. The minimum Gasteiger partial charge on any atom is -0.369 e. The van der Waals surface area contributed by atoms with E-state index >= 15 is 0 Å². The van der Waals surface area contributed by atoms with E-state index in [0.717, 1.165) is 22.7 Å². The minimum atomic E-state index is 0.658. The SMILES string of the molecule is CCNc1ncnc(N(C)C2CC2)c1Br. The third-order valence-corrected chi connectivity index (χ3v) is 3.27. The van der Waals surface area contributed by atoms with Crippen molar-refractivity contribution in [2.75, 3.05) is 23.8 Å². The molecule has 2 rings (SSSR count). The van der Waals surface area contributed by atoms with E-state index < -0.39 is 0 Å². The third kappa shape index (κ3) is 2.22. The van der Waals surface area contributed by atoms with Gasteiger partial charge in [-0.3, -0.25) is 0 Å². The Labute approximate surface area is 98.2 Å². The van der Waals surface area contributed by atoms with Crippen molar-refractivity contribution in [2.45, 2.75) is 25.8 Å². The van der Waals surface area contributed by atoms with Gasteiger partial charge in [0.2, 0.25) is 0 Å². The van der Waals surface area contributed by atoms with Crippen LogP contribution in [0.5, 0.6) is 0 Å². The van der Waals surface area contributed by atoms with E-state index in [1.54, 1.807) is 6.33 Å². The first-order chi connectivity index (χ1) is 7.24. The topological polar surface area (TPSA) is 41.1 Å². The predicted molar refractivity (Wildman–Crippen MR) is 65.3 cm³/mol. The lowest BCUT2D eigenvalue weighted by Gasteiger charge is -2.19. The average Bonchev–Trinajstić information content (AvgIpc) is 3.04. The van der Waals surface area contributed by atoms with E-state index in [1.807, 2.05) is 0 Å². The van der Waals surface area contributed by atoms with Crippen LogP contribution in [-0.2, 0) is 0 Å². The van der Waals surface area contributed by atoms with Gasteiger partial charge in [0.25, 0.3) is 0 Å². The van der Waals surface area contributed by atoms with Gasteiger partial charge in [-0.05, 0) is 35.7 Å². The summed E-state index contributed by atoms with van der Waals surface area (Å²) in [6, 6.07) is 0.658. The van der Waals surface area contributed by atoms with E-state index in [0.29, 0.717) is 6.04 Å². The van der Waals surface area contributed by atoms with Gasteiger partial charge >= 0.3 is 0 Å². The summed E-state index contributed by atoms with van der Waals surface area (Å²) >= 11 is 3.55. The van der Waals surface area contributed by atoms with Crippen molar-refractivity contribution in [1.82, 2.24) is 9.97 Å². The maximum atomic E-state index is 4.31. The monoisotopic (exact) mass is 270 g/mol. The predicted octanol–water partition coefficient (Wildman–Crippen LogP) is 2.27. The van der Waals surface area contributed by atoms with Crippen molar-refractivity contribution < 1.29 is 0 Å². The molecule has 1 aromatic rings. The Morgan fingerprint density at radius 2 is 2.27 bits per heavy atom. The summed E-state index contributed by atoms with van der Waals surface area (Å²) in [6.07, 6.45) is 4.14. The molecule has 1 aromatic heterocycles. The van der Waals surface area contributed by atoms with E-state index in [-0.39, 0.29) is 0 Å². The van der Waals surface area contributed by atoms with Crippen LogP contribution < -0.4 is 10.2 Å². The molecule has 0 unspecified atom stereocenters. The summed E-state index contributed by atoms with van der Waals surface area (Å²) in [6.45, 7) is 2.92. The van der Waals surface area contributed by atoms with E-state index in [4.69, 9.17) is 0 Å². The number of nitrogens with one attached hydrogen (secondary N) is 1. The molecule has 1 N–H and O–H groups in total. The number of anilines is 2. The summed E-state index contributed by atoms with van der Waals surface area (Å²) in [5.41, 5.74) is 0. The quantitative estimate of drug-likeness (QED) is 0.912. The third-order valence-electron chi connectivity index (χ3n) is 2.54. The zero-order valence-electron chi connectivity index (χ0n) is 9.00. The van der Waals surface area contributed by atoms with E-state index in [9.17, 15) is 0 Å². The molecule has 5 heteroatoms. The van der Waals surface area contributed by atoms with Crippen molar-refractivity contribution in [3.63, 3.8) is 0 Å². The highest BCUT2D eigenvalue weighted by Gasteiger charge is 2.28. The molecule has 15 heavy (non-hydrogen) atoms. The average molecular weight is 271 g/mol. The van der Waals surface area contributed by atoms with Crippen LogP contribution in [0.2, 0.25) is 0 Å². The molecular formula is C10H15BrN4. The summed E-state index contributed by atoms with van der Waals surface area (Å²) < 4.78 is 0.959. The smallest absolute Gasteiger partial charge is 0.148 e. The zero-order chi connectivity index (χ0) is 10.8. The summed E-state index contributed by atoms with van der Waals surface area (Å²) in [5.74, 6) is 1.85. The van der Waals surface area contributed by atoms with Crippen LogP contribution in [0.15, 0.2) is 10.8 Å². The first kappa shape index (κ1) is 10.7. The second-order valence-corrected chi connectivity index (χ2v) is 4.53. The van der Waals surface area contributed by atoms with Gasteiger partial charge in [-0.1, -0.05) is 0 Å². The van der Waals surface area contributed by atoms with Gasteiger partial charge in [-0.2, -0.15) is 0 Å². The van der Waals surface area contributed by atoms with Gasteiger partial charge in [0.15, 0.2) is 0 Å². The van der Waals surface area contributed by atoms with Crippen LogP contribution in [0.1, 0.15) is 19.8 Å². The molecule has 1 heterocycles. The Morgan fingerprint density at radius 1 is 1.53 bits per heavy atom. The first-order valence-electron chi connectivity index (χ1n) is 5.21. The van der Waals surface area contributed by atoms with Crippen molar-refractivity contribution in [3.05, 3.63) is 10.8 Å². The minimum absolute atomic E-state index is 0.658. The van der Waals surface area contributed by atoms with Gasteiger partial charge in [0, 0.05) is 19.6 Å².